The van der Waals surface area contributed by atoms with Crippen LogP contribution in [-0.2, 0) is 12.8 Å². The number of nitrogens with one attached hydrogen (secondary N) is 1. The van der Waals surface area contributed by atoms with Crippen molar-refractivity contribution in [3.63, 3.8) is 0 Å². The second-order valence-electron chi connectivity index (χ2n) is 5.14. The second kappa shape index (κ2) is 7.75. The predicted molar refractivity (Wildman–Crippen MR) is 80.1 cm³/mol. The highest BCUT2D eigenvalue weighted by Gasteiger charge is 2.02. The summed E-state index contributed by atoms with van der Waals surface area (Å²) < 4.78 is 12.8. The Balaban J connectivity index is 1.64. The molecular weight excluding hydrogens is 251 g/mol. The first-order valence-electron chi connectivity index (χ1n) is 7.11. The van der Waals surface area contributed by atoms with E-state index in [0.29, 0.717) is 6.04 Å². The Morgan fingerprint density at radius 1 is 1.05 bits per heavy atom. The van der Waals surface area contributed by atoms with E-state index in [-0.39, 0.29) is 5.82 Å². The highest BCUT2D eigenvalue weighted by atomic mass is 19.1. The Bertz CT molecular complexity index is 496. The SMILES string of the molecule is CC(Cc1ccncc1)NCCCc1ccc(F)cc1. The molecule has 1 unspecified atom stereocenters. The standard InChI is InChI=1S/C17H21FN2/c1-14(13-16-8-11-19-12-9-16)20-10-2-3-15-4-6-17(18)7-5-15/h4-9,11-12,14,20H,2-3,10,13H2,1H3. The molecule has 106 valence electrons. The van der Waals surface area contributed by atoms with Gasteiger partial charge in [0.05, 0.1) is 0 Å². The van der Waals surface area contributed by atoms with Crippen LogP contribution in [0.25, 0.3) is 0 Å². The largest absolute Gasteiger partial charge is 0.314 e. The molecule has 2 nitrogen and oxygen atoms in total. The van der Waals surface area contributed by atoms with E-state index in [1.54, 1.807) is 0 Å². The van der Waals surface area contributed by atoms with Gasteiger partial charge in [0.25, 0.3) is 0 Å². The maximum Gasteiger partial charge on any atom is 0.123 e. The van der Waals surface area contributed by atoms with Gasteiger partial charge in [-0.05, 0) is 68.1 Å². The fraction of sp³-hybridized carbons (Fsp3) is 0.353. The van der Waals surface area contributed by atoms with Crippen LogP contribution in [0.2, 0.25) is 0 Å². The van der Waals surface area contributed by atoms with Gasteiger partial charge < -0.3 is 5.32 Å². The quantitative estimate of drug-likeness (QED) is 0.782. The van der Waals surface area contributed by atoms with Gasteiger partial charge in [-0.25, -0.2) is 4.39 Å². The van der Waals surface area contributed by atoms with Gasteiger partial charge in [-0.2, -0.15) is 0 Å². The number of benzene rings is 1. The number of aryl methyl sites for hydroxylation is 1. The number of nitrogens with zero attached hydrogens (tertiary/aromatic N) is 1. The van der Waals surface area contributed by atoms with Crippen molar-refractivity contribution in [3.8, 4) is 0 Å². The first-order chi connectivity index (χ1) is 9.74. The van der Waals surface area contributed by atoms with Crippen LogP contribution < -0.4 is 5.32 Å². The highest BCUT2D eigenvalue weighted by molar-refractivity contribution is 5.16. The summed E-state index contributed by atoms with van der Waals surface area (Å²) in [5.74, 6) is -0.169. The predicted octanol–water partition coefficient (Wildman–Crippen LogP) is 3.37. The van der Waals surface area contributed by atoms with Crippen molar-refractivity contribution in [3.05, 3.63) is 65.7 Å². The summed E-state index contributed by atoms with van der Waals surface area (Å²) in [6, 6.07) is 11.3. The molecule has 0 fully saturated rings. The Morgan fingerprint density at radius 3 is 2.45 bits per heavy atom. The molecule has 0 aliphatic rings. The van der Waals surface area contributed by atoms with E-state index in [1.165, 1.54) is 23.3 Å². The number of halogens is 1. The van der Waals surface area contributed by atoms with Crippen LogP contribution in [0, 0.1) is 5.82 Å². The van der Waals surface area contributed by atoms with Gasteiger partial charge in [0.1, 0.15) is 5.82 Å². The summed E-state index contributed by atoms with van der Waals surface area (Å²) in [6.45, 7) is 3.17. The third kappa shape index (κ3) is 5.10. The first kappa shape index (κ1) is 14.7. The maximum absolute atomic E-state index is 12.8. The minimum absolute atomic E-state index is 0.169. The monoisotopic (exact) mass is 272 g/mol. The van der Waals surface area contributed by atoms with Crippen LogP contribution in [-0.4, -0.2) is 17.6 Å². The fourth-order valence-electron chi connectivity index (χ4n) is 2.24. The molecule has 2 aromatic rings. The Labute approximate surface area is 120 Å². The minimum Gasteiger partial charge on any atom is -0.314 e. The van der Waals surface area contributed by atoms with Gasteiger partial charge in [-0.1, -0.05) is 12.1 Å². The molecule has 1 aromatic carbocycles. The average molecular weight is 272 g/mol. The van der Waals surface area contributed by atoms with E-state index in [2.05, 4.69) is 29.4 Å². The molecule has 1 heterocycles. The lowest BCUT2D eigenvalue weighted by Crippen LogP contribution is -2.29. The van der Waals surface area contributed by atoms with Gasteiger partial charge in [0.2, 0.25) is 0 Å². The van der Waals surface area contributed by atoms with Gasteiger partial charge in [-0.3, -0.25) is 4.98 Å². The maximum atomic E-state index is 12.8. The van der Waals surface area contributed by atoms with Crippen LogP contribution in [0.1, 0.15) is 24.5 Å². The first-order valence-corrected chi connectivity index (χ1v) is 7.11. The lowest BCUT2D eigenvalue weighted by Gasteiger charge is -2.13. The molecule has 20 heavy (non-hydrogen) atoms. The lowest BCUT2D eigenvalue weighted by atomic mass is 10.1. The van der Waals surface area contributed by atoms with Crippen molar-refractivity contribution in [1.29, 1.82) is 0 Å². The summed E-state index contributed by atoms with van der Waals surface area (Å²) in [5, 5.41) is 3.52. The topological polar surface area (TPSA) is 24.9 Å². The molecule has 3 heteroatoms. The molecular formula is C17H21FN2. The lowest BCUT2D eigenvalue weighted by molar-refractivity contribution is 0.533. The van der Waals surface area contributed by atoms with Gasteiger partial charge in [0.15, 0.2) is 0 Å². The third-order valence-electron chi connectivity index (χ3n) is 3.34. The average Bonchev–Trinajstić information content (AvgIpc) is 2.46. The molecule has 0 aliphatic carbocycles. The molecule has 0 saturated heterocycles. The van der Waals surface area contributed by atoms with Gasteiger partial charge in [0, 0.05) is 18.4 Å². The Kier molecular flexibility index (Phi) is 5.69. The van der Waals surface area contributed by atoms with Gasteiger partial charge >= 0.3 is 0 Å². The number of aromatic nitrogens is 1. The van der Waals surface area contributed by atoms with Crippen molar-refractivity contribution < 1.29 is 4.39 Å². The highest BCUT2D eigenvalue weighted by Crippen LogP contribution is 2.05. The van der Waals surface area contributed by atoms with Crippen LogP contribution in [0.15, 0.2) is 48.8 Å². The number of hydrogen-bond donors (Lipinski definition) is 1. The van der Waals surface area contributed by atoms with Crippen molar-refractivity contribution >= 4 is 0 Å². The molecule has 0 spiro atoms. The molecule has 1 N–H and O–H groups in total. The molecule has 2 rings (SSSR count). The normalized spacial score (nSPS) is 12.3. The van der Waals surface area contributed by atoms with E-state index in [0.717, 1.165) is 25.8 Å². The van der Waals surface area contributed by atoms with Crippen molar-refractivity contribution in [2.45, 2.75) is 32.2 Å². The van der Waals surface area contributed by atoms with E-state index < -0.39 is 0 Å². The zero-order chi connectivity index (χ0) is 14.2. The molecule has 1 atom stereocenters. The fourth-order valence-corrected chi connectivity index (χ4v) is 2.24. The zero-order valence-corrected chi connectivity index (χ0v) is 11.8. The van der Waals surface area contributed by atoms with Crippen molar-refractivity contribution in [1.82, 2.24) is 10.3 Å². The summed E-state index contributed by atoms with van der Waals surface area (Å²) in [7, 11) is 0. The van der Waals surface area contributed by atoms with E-state index >= 15 is 0 Å². The second-order valence-corrected chi connectivity index (χ2v) is 5.14. The molecule has 0 bridgehead atoms. The van der Waals surface area contributed by atoms with Crippen molar-refractivity contribution in [2.75, 3.05) is 6.54 Å². The minimum atomic E-state index is -0.169. The van der Waals surface area contributed by atoms with Crippen LogP contribution in [0.4, 0.5) is 4.39 Å². The zero-order valence-electron chi connectivity index (χ0n) is 11.8. The van der Waals surface area contributed by atoms with Crippen LogP contribution in [0.5, 0.6) is 0 Å². The third-order valence-corrected chi connectivity index (χ3v) is 3.34. The molecule has 0 radical (unpaired) electrons. The van der Waals surface area contributed by atoms with E-state index in [4.69, 9.17) is 0 Å². The summed E-state index contributed by atoms with van der Waals surface area (Å²) in [6.07, 6.45) is 6.72. The van der Waals surface area contributed by atoms with Crippen LogP contribution >= 0.6 is 0 Å². The van der Waals surface area contributed by atoms with E-state index in [9.17, 15) is 4.39 Å². The molecule has 0 amide bonds. The molecule has 1 aromatic heterocycles. The number of rotatable bonds is 7. The summed E-state index contributed by atoms with van der Waals surface area (Å²) in [5.41, 5.74) is 2.49. The Morgan fingerprint density at radius 2 is 1.75 bits per heavy atom. The summed E-state index contributed by atoms with van der Waals surface area (Å²) in [4.78, 5) is 4.02. The summed E-state index contributed by atoms with van der Waals surface area (Å²) >= 11 is 0. The van der Waals surface area contributed by atoms with Gasteiger partial charge in [-0.15, -0.1) is 0 Å². The number of pyridine rings is 1. The van der Waals surface area contributed by atoms with E-state index in [1.807, 2.05) is 24.5 Å². The smallest absolute Gasteiger partial charge is 0.123 e. The van der Waals surface area contributed by atoms with Crippen LogP contribution in [0.3, 0.4) is 0 Å². The molecule has 0 saturated carbocycles. The molecule has 0 aliphatic heterocycles. The van der Waals surface area contributed by atoms with Crippen molar-refractivity contribution in [2.24, 2.45) is 0 Å². The Hall–Kier alpha value is -1.74. The number of hydrogen-bond acceptors (Lipinski definition) is 2.